The maximum atomic E-state index is 12.9. The Morgan fingerprint density at radius 1 is 0.762 bits per heavy atom. The van der Waals surface area contributed by atoms with Gasteiger partial charge in [-0.25, -0.2) is 9.59 Å². The second-order valence-corrected chi connectivity index (χ2v) is 10.4. The van der Waals surface area contributed by atoms with Gasteiger partial charge < -0.3 is 29.2 Å². The minimum Gasteiger partial charge on any atom is -0.463 e. The van der Waals surface area contributed by atoms with E-state index in [-0.39, 0.29) is 50.0 Å². The minimum absolute atomic E-state index is 0.00969. The van der Waals surface area contributed by atoms with Crippen LogP contribution in [0.1, 0.15) is 50.3 Å². The van der Waals surface area contributed by atoms with E-state index in [4.69, 9.17) is 18.9 Å². The molecule has 0 bridgehead atoms. The molecule has 0 spiro atoms. The molecule has 0 aliphatic carbocycles. The van der Waals surface area contributed by atoms with E-state index in [1.54, 1.807) is 0 Å². The number of aliphatic hydroxyl groups is 2. The van der Waals surface area contributed by atoms with Crippen LogP contribution in [0, 0.1) is 0 Å². The first-order valence-electron chi connectivity index (χ1n) is 13.3. The highest BCUT2D eigenvalue weighted by atomic mass is 16.6. The molecule has 16 nitrogen and oxygen atoms in total. The second-order valence-electron chi connectivity index (χ2n) is 10.4. The predicted octanol–water partition coefficient (Wildman–Crippen LogP) is -2.38. The summed E-state index contributed by atoms with van der Waals surface area (Å²) in [6.45, 7) is 2.03. The summed E-state index contributed by atoms with van der Waals surface area (Å²) in [5, 5.41) is 20.7. The Kier molecular flexibility index (Phi) is 9.30. The normalized spacial score (nSPS) is 25.5. The van der Waals surface area contributed by atoms with E-state index in [1.807, 2.05) is 0 Å². The molecule has 2 N–H and O–H groups in total. The molecule has 0 aromatic carbocycles. The number of aryl methyl sites for hydroxylation is 2. The van der Waals surface area contributed by atoms with Crippen LogP contribution < -0.4 is 22.5 Å². The molecule has 4 rings (SSSR count). The molecular weight excluding hydrogens is 560 g/mol. The molecule has 2 saturated heterocycles. The van der Waals surface area contributed by atoms with Crippen LogP contribution in [-0.2, 0) is 55.5 Å². The molecule has 0 radical (unpaired) electrons. The lowest BCUT2D eigenvalue weighted by molar-refractivity contribution is -0.148. The summed E-state index contributed by atoms with van der Waals surface area (Å²) in [6.07, 6.45) is -2.95. The average molecular weight is 595 g/mol. The summed E-state index contributed by atoms with van der Waals surface area (Å²) in [5.41, 5.74) is -2.20. The van der Waals surface area contributed by atoms with Crippen molar-refractivity contribution in [2.75, 3.05) is 13.2 Å². The molecule has 6 atom stereocenters. The van der Waals surface area contributed by atoms with E-state index in [0.29, 0.717) is 0 Å². The number of carbonyl (C=O) groups excluding carboxylic acids is 2. The fourth-order valence-corrected chi connectivity index (χ4v) is 5.00. The van der Waals surface area contributed by atoms with Crippen molar-refractivity contribution in [3.63, 3.8) is 0 Å². The van der Waals surface area contributed by atoms with Crippen LogP contribution in [0.3, 0.4) is 0 Å². The fourth-order valence-electron chi connectivity index (χ4n) is 5.00. The first-order chi connectivity index (χ1) is 19.8. The van der Waals surface area contributed by atoms with E-state index in [1.165, 1.54) is 49.5 Å². The van der Waals surface area contributed by atoms with Crippen LogP contribution in [0.5, 0.6) is 0 Å². The van der Waals surface area contributed by atoms with Gasteiger partial charge in [-0.05, 0) is 12.8 Å². The number of esters is 2. The van der Waals surface area contributed by atoms with Gasteiger partial charge in [0.05, 0.1) is 12.2 Å². The van der Waals surface area contributed by atoms with Crippen molar-refractivity contribution in [1.82, 2.24) is 18.3 Å². The van der Waals surface area contributed by atoms with Gasteiger partial charge in [-0.15, -0.1) is 0 Å². The number of hydrogen-bond acceptors (Lipinski definition) is 12. The molecule has 230 valence electrons. The summed E-state index contributed by atoms with van der Waals surface area (Å²) < 4.78 is 25.4. The largest absolute Gasteiger partial charge is 0.463 e. The first kappa shape index (κ1) is 31.1. The number of rotatable bonds is 9. The number of carbonyl (C=O) groups is 2. The van der Waals surface area contributed by atoms with Gasteiger partial charge >= 0.3 is 23.3 Å². The molecule has 0 amide bonds. The number of nitrogens with zero attached hydrogens (tertiary/aromatic N) is 4. The molecular formula is C26H34N4O12. The SMILES string of the molecule is CC(=O)OCC1OC(n2cc(CCc3cn(C4CC(O)C(COC(C)=O)O4)c(=O)n(C)c3=O)c(=O)n(C)c2=O)CC1O. The van der Waals surface area contributed by atoms with E-state index < -0.39 is 71.3 Å². The Bertz CT molecular complexity index is 1470. The zero-order valence-electron chi connectivity index (χ0n) is 23.6. The van der Waals surface area contributed by atoms with Crippen LogP contribution >= 0.6 is 0 Å². The number of aliphatic hydroxyl groups excluding tert-OH is 2. The quantitative estimate of drug-likeness (QED) is 0.293. The van der Waals surface area contributed by atoms with E-state index >= 15 is 0 Å². The summed E-state index contributed by atoms with van der Waals surface area (Å²) in [6, 6.07) is 0. The molecule has 2 aromatic heterocycles. The zero-order valence-corrected chi connectivity index (χ0v) is 23.6. The van der Waals surface area contributed by atoms with Crippen molar-refractivity contribution < 1.29 is 38.7 Å². The Morgan fingerprint density at radius 3 is 1.45 bits per heavy atom. The van der Waals surface area contributed by atoms with E-state index in [0.717, 1.165) is 9.13 Å². The van der Waals surface area contributed by atoms with Gasteiger partial charge in [-0.3, -0.25) is 37.4 Å². The lowest BCUT2D eigenvalue weighted by Crippen LogP contribution is -2.42. The van der Waals surface area contributed by atoms with Crippen molar-refractivity contribution >= 4 is 11.9 Å². The van der Waals surface area contributed by atoms with Gasteiger partial charge in [0.1, 0.15) is 37.9 Å². The summed E-state index contributed by atoms with van der Waals surface area (Å²) in [5.74, 6) is -1.10. The zero-order chi connectivity index (χ0) is 30.9. The van der Waals surface area contributed by atoms with Crippen molar-refractivity contribution in [3.05, 3.63) is 65.2 Å². The lowest BCUT2D eigenvalue weighted by atomic mass is 10.1. The monoisotopic (exact) mass is 594 g/mol. The molecule has 0 saturated carbocycles. The second kappa shape index (κ2) is 12.6. The van der Waals surface area contributed by atoms with Crippen LogP contribution in [0.4, 0.5) is 0 Å². The molecule has 2 aliphatic heterocycles. The smallest absolute Gasteiger partial charge is 0.332 e. The Hall–Kier alpha value is -3.86. The highest BCUT2D eigenvalue weighted by molar-refractivity contribution is 5.66. The summed E-state index contributed by atoms with van der Waals surface area (Å²) >= 11 is 0. The molecule has 6 unspecified atom stereocenters. The molecule has 42 heavy (non-hydrogen) atoms. The third kappa shape index (κ3) is 6.46. The Labute approximate surface area is 238 Å². The van der Waals surface area contributed by atoms with Crippen LogP contribution in [0.15, 0.2) is 31.6 Å². The molecule has 2 aromatic rings. The van der Waals surface area contributed by atoms with E-state index in [2.05, 4.69) is 0 Å². The topological polar surface area (TPSA) is 200 Å². The number of ether oxygens (including phenoxy) is 4. The van der Waals surface area contributed by atoms with Gasteiger partial charge in [0.15, 0.2) is 0 Å². The maximum Gasteiger partial charge on any atom is 0.332 e. The van der Waals surface area contributed by atoms with Crippen LogP contribution in [0.2, 0.25) is 0 Å². The van der Waals surface area contributed by atoms with Gasteiger partial charge in [0.2, 0.25) is 0 Å². The molecule has 2 fully saturated rings. The van der Waals surface area contributed by atoms with Crippen molar-refractivity contribution in [3.8, 4) is 0 Å². The van der Waals surface area contributed by atoms with Crippen LogP contribution in [-0.4, -0.2) is 78.0 Å². The van der Waals surface area contributed by atoms with Gasteiger partial charge in [-0.2, -0.15) is 0 Å². The number of hydrogen-bond donors (Lipinski definition) is 2. The first-order valence-corrected chi connectivity index (χ1v) is 13.3. The van der Waals surface area contributed by atoms with Crippen LogP contribution in [0.25, 0.3) is 0 Å². The highest BCUT2D eigenvalue weighted by Crippen LogP contribution is 2.29. The minimum atomic E-state index is -1.02. The van der Waals surface area contributed by atoms with Gasteiger partial charge in [0, 0.05) is 64.3 Å². The van der Waals surface area contributed by atoms with Crippen molar-refractivity contribution in [2.45, 2.75) is 76.4 Å². The summed E-state index contributed by atoms with van der Waals surface area (Å²) in [7, 11) is 2.58. The van der Waals surface area contributed by atoms with E-state index in [9.17, 15) is 39.0 Å². The Balaban J connectivity index is 1.57. The lowest BCUT2D eigenvalue weighted by Gasteiger charge is -2.18. The molecule has 4 heterocycles. The molecule has 2 aliphatic rings. The Morgan fingerprint density at radius 2 is 1.12 bits per heavy atom. The summed E-state index contributed by atoms with van der Waals surface area (Å²) in [4.78, 5) is 73.9. The fraction of sp³-hybridized carbons (Fsp3) is 0.615. The van der Waals surface area contributed by atoms with Gasteiger partial charge in [0.25, 0.3) is 11.1 Å². The van der Waals surface area contributed by atoms with Crippen molar-refractivity contribution in [2.24, 2.45) is 14.1 Å². The predicted molar refractivity (Wildman–Crippen MR) is 142 cm³/mol. The van der Waals surface area contributed by atoms with Gasteiger partial charge in [-0.1, -0.05) is 0 Å². The molecule has 16 heteroatoms. The maximum absolute atomic E-state index is 12.9. The third-order valence-corrected chi connectivity index (χ3v) is 7.36. The third-order valence-electron chi connectivity index (χ3n) is 7.36. The number of aromatic nitrogens is 4. The standard InChI is InChI=1S/C26H34N4O12/c1-13(31)39-11-19-17(33)7-21(41-19)29-9-15(23(35)27(3)25(29)37)5-6-16-10-30(26(38)28(4)24(16)36)22-8-18(34)20(42-22)12-40-14(2)32/h9-10,17-22,33-34H,5-8,11-12H2,1-4H3. The highest BCUT2D eigenvalue weighted by Gasteiger charge is 2.38. The average Bonchev–Trinajstić information content (AvgIpc) is 3.49. The van der Waals surface area contributed by atoms with Crippen molar-refractivity contribution in [1.29, 1.82) is 0 Å².